The Morgan fingerprint density at radius 1 is 0.882 bits per heavy atom. The molecule has 3 aromatic carbocycles. The quantitative estimate of drug-likeness (QED) is 0.451. The van der Waals surface area contributed by atoms with Gasteiger partial charge in [0.2, 0.25) is 0 Å². The molecule has 2 N–H and O–H groups in total. The molecule has 0 bridgehead atoms. The summed E-state index contributed by atoms with van der Waals surface area (Å²) in [6.07, 6.45) is 0.671. The van der Waals surface area contributed by atoms with Crippen LogP contribution in [0.1, 0.15) is 39.8 Å². The molecule has 1 aromatic heterocycles. The number of hydrazine groups is 1. The minimum Gasteiger partial charge on any atom is -0.267 e. The molecule has 0 radical (unpaired) electrons. The molecular formula is C26H21N5O3. The number of nitriles is 1. The van der Waals surface area contributed by atoms with E-state index >= 15 is 0 Å². The molecule has 1 heterocycles. The van der Waals surface area contributed by atoms with Crippen LogP contribution in [0, 0.1) is 11.3 Å². The number of carbonyl (C=O) groups is 2. The molecular weight excluding hydrogens is 430 g/mol. The maximum Gasteiger partial charge on any atom is 0.290 e. The van der Waals surface area contributed by atoms with Crippen molar-refractivity contribution in [3.8, 4) is 17.2 Å². The normalized spacial score (nSPS) is 10.5. The maximum absolute atomic E-state index is 13.0. The Morgan fingerprint density at radius 2 is 1.50 bits per heavy atom. The fourth-order valence-corrected chi connectivity index (χ4v) is 3.74. The molecule has 8 nitrogen and oxygen atoms in total. The molecule has 4 rings (SSSR count). The van der Waals surface area contributed by atoms with Gasteiger partial charge in [-0.15, -0.1) is 0 Å². The lowest BCUT2D eigenvalue weighted by Crippen LogP contribution is -2.43. The third-order valence-corrected chi connectivity index (χ3v) is 5.32. The van der Waals surface area contributed by atoms with Crippen LogP contribution in [0.2, 0.25) is 0 Å². The monoisotopic (exact) mass is 451 g/mol. The van der Waals surface area contributed by atoms with Gasteiger partial charge in [-0.25, -0.2) is 4.68 Å². The van der Waals surface area contributed by atoms with Crippen molar-refractivity contribution in [3.05, 3.63) is 100.0 Å². The first-order valence-corrected chi connectivity index (χ1v) is 10.7. The van der Waals surface area contributed by atoms with Crippen molar-refractivity contribution in [2.75, 3.05) is 0 Å². The fraction of sp³-hybridized carbons (Fsp3) is 0.115. The minimum atomic E-state index is -0.649. The van der Waals surface area contributed by atoms with E-state index in [1.807, 2.05) is 6.92 Å². The highest BCUT2D eigenvalue weighted by molar-refractivity contribution is 6.07. The van der Waals surface area contributed by atoms with Crippen molar-refractivity contribution in [3.63, 3.8) is 0 Å². The van der Waals surface area contributed by atoms with Crippen molar-refractivity contribution in [1.82, 2.24) is 20.6 Å². The molecule has 0 aliphatic rings. The highest BCUT2D eigenvalue weighted by Gasteiger charge is 2.19. The maximum atomic E-state index is 13.0. The molecule has 34 heavy (non-hydrogen) atoms. The third kappa shape index (κ3) is 4.27. The summed E-state index contributed by atoms with van der Waals surface area (Å²) in [5.74, 6) is -1.20. The summed E-state index contributed by atoms with van der Waals surface area (Å²) in [6.45, 7) is 2.27. The van der Waals surface area contributed by atoms with Crippen LogP contribution < -0.4 is 16.4 Å². The van der Waals surface area contributed by atoms with Crippen molar-refractivity contribution >= 4 is 22.6 Å². The van der Waals surface area contributed by atoms with Gasteiger partial charge in [0.15, 0.2) is 5.69 Å². The van der Waals surface area contributed by atoms with Crippen molar-refractivity contribution in [1.29, 1.82) is 5.26 Å². The standard InChI is InChI=1S/C26H21N5O3/c1-2-15-31-26(34)22-14-8-6-12-20(22)23(30-31)25(33)29-28-24(32)21-13-7-5-11-19(21)18-10-4-3-9-17(18)16-27/h3-14H,2,15H2,1H3,(H,28,32)(H,29,33). The van der Waals surface area contributed by atoms with Crippen molar-refractivity contribution < 1.29 is 9.59 Å². The first-order chi connectivity index (χ1) is 16.5. The van der Waals surface area contributed by atoms with E-state index in [-0.39, 0.29) is 11.3 Å². The SMILES string of the molecule is CCCn1nc(C(=O)NNC(=O)c2ccccc2-c2ccccc2C#N)c2ccccc2c1=O. The van der Waals surface area contributed by atoms with E-state index in [0.717, 1.165) is 0 Å². The first-order valence-electron chi connectivity index (χ1n) is 10.7. The third-order valence-electron chi connectivity index (χ3n) is 5.32. The lowest BCUT2D eigenvalue weighted by atomic mass is 9.95. The van der Waals surface area contributed by atoms with E-state index in [1.54, 1.807) is 72.8 Å². The van der Waals surface area contributed by atoms with E-state index in [2.05, 4.69) is 22.0 Å². The van der Waals surface area contributed by atoms with Gasteiger partial charge < -0.3 is 0 Å². The van der Waals surface area contributed by atoms with Gasteiger partial charge in [-0.2, -0.15) is 10.4 Å². The summed E-state index contributed by atoms with van der Waals surface area (Å²) in [5.41, 5.74) is 6.49. The van der Waals surface area contributed by atoms with Gasteiger partial charge in [0.25, 0.3) is 17.4 Å². The molecule has 0 fully saturated rings. The molecule has 0 saturated heterocycles. The molecule has 0 aliphatic heterocycles. The van der Waals surface area contributed by atoms with Crippen molar-refractivity contribution in [2.24, 2.45) is 0 Å². The second kappa shape index (κ2) is 9.79. The summed E-state index contributed by atoms with van der Waals surface area (Å²) in [7, 11) is 0. The topological polar surface area (TPSA) is 117 Å². The van der Waals surface area contributed by atoms with Crippen LogP contribution in [0.25, 0.3) is 21.9 Å². The summed E-state index contributed by atoms with van der Waals surface area (Å²) in [4.78, 5) is 38.6. The highest BCUT2D eigenvalue weighted by Crippen LogP contribution is 2.26. The number of aromatic nitrogens is 2. The first kappa shape index (κ1) is 22.4. The lowest BCUT2D eigenvalue weighted by Gasteiger charge is -2.13. The molecule has 8 heteroatoms. The van der Waals surface area contributed by atoms with E-state index < -0.39 is 11.8 Å². The van der Waals surface area contributed by atoms with Crippen LogP contribution in [-0.4, -0.2) is 21.6 Å². The highest BCUT2D eigenvalue weighted by atomic mass is 16.2. The number of benzene rings is 3. The smallest absolute Gasteiger partial charge is 0.267 e. The van der Waals surface area contributed by atoms with E-state index in [1.165, 1.54) is 4.68 Å². The number of aryl methyl sites for hydroxylation is 1. The summed E-state index contributed by atoms with van der Waals surface area (Å²) in [5, 5.41) is 14.4. The average molecular weight is 451 g/mol. The average Bonchev–Trinajstić information content (AvgIpc) is 2.88. The largest absolute Gasteiger partial charge is 0.290 e. The van der Waals surface area contributed by atoms with Crippen LogP contribution >= 0.6 is 0 Å². The number of carbonyl (C=O) groups excluding carboxylic acids is 2. The van der Waals surface area contributed by atoms with E-state index in [0.29, 0.717) is 46.0 Å². The Balaban J connectivity index is 1.63. The molecule has 0 aliphatic carbocycles. The zero-order valence-corrected chi connectivity index (χ0v) is 18.4. The molecule has 0 saturated carbocycles. The van der Waals surface area contributed by atoms with Crippen molar-refractivity contribution in [2.45, 2.75) is 19.9 Å². The molecule has 0 unspecified atom stereocenters. The van der Waals surface area contributed by atoms with Gasteiger partial charge in [-0.1, -0.05) is 61.5 Å². The van der Waals surface area contributed by atoms with Crippen LogP contribution in [0.4, 0.5) is 0 Å². The number of nitrogens with zero attached hydrogens (tertiary/aromatic N) is 3. The number of rotatable bonds is 5. The van der Waals surface area contributed by atoms with E-state index in [4.69, 9.17) is 0 Å². The Labute approximate surface area is 195 Å². The van der Waals surface area contributed by atoms with Gasteiger partial charge >= 0.3 is 0 Å². The summed E-state index contributed by atoms with van der Waals surface area (Å²) in [6, 6.07) is 22.6. The van der Waals surface area contributed by atoms with Crippen LogP contribution in [0.3, 0.4) is 0 Å². The molecule has 168 valence electrons. The van der Waals surface area contributed by atoms with Gasteiger partial charge in [-0.3, -0.25) is 25.2 Å². The second-order valence-corrected chi connectivity index (χ2v) is 7.53. The number of hydrogen-bond acceptors (Lipinski definition) is 5. The van der Waals surface area contributed by atoms with Crippen LogP contribution in [0.5, 0.6) is 0 Å². The number of nitrogens with one attached hydrogen (secondary N) is 2. The molecule has 0 atom stereocenters. The number of fused-ring (bicyclic) bond motifs is 1. The predicted octanol–water partition coefficient (Wildman–Crippen LogP) is 3.42. The van der Waals surface area contributed by atoms with Crippen LogP contribution in [-0.2, 0) is 6.54 Å². The fourth-order valence-electron chi connectivity index (χ4n) is 3.74. The molecule has 2 amide bonds. The lowest BCUT2D eigenvalue weighted by molar-refractivity contribution is 0.0844. The molecule has 4 aromatic rings. The number of amides is 2. The van der Waals surface area contributed by atoms with Gasteiger partial charge in [-0.05, 0) is 30.2 Å². The summed E-state index contributed by atoms with van der Waals surface area (Å²) >= 11 is 0. The zero-order chi connectivity index (χ0) is 24.1. The predicted molar refractivity (Wildman–Crippen MR) is 128 cm³/mol. The Hall–Kier alpha value is -4.77. The Kier molecular flexibility index (Phi) is 6.46. The minimum absolute atomic E-state index is 0.0343. The van der Waals surface area contributed by atoms with Gasteiger partial charge in [0, 0.05) is 23.1 Å². The second-order valence-electron chi connectivity index (χ2n) is 7.53. The Bertz CT molecular complexity index is 1500. The van der Waals surface area contributed by atoms with Gasteiger partial charge in [0.1, 0.15) is 0 Å². The zero-order valence-electron chi connectivity index (χ0n) is 18.4. The number of hydrogen-bond donors (Lipinski definition) is 2. The molecule has 0 spiro atoms. The summed E-state index contributed by atoms with van der Waals surface area (Å²) < 4.78 is 1.26. The Morgan fingerprint density at radius 3 is 2.24 bits per heavy atom. The van der Waals surface area contributed by atoms with Crippen LogP contribution in [0.15, 0.2) is 77.6 Å². The van der Waals surface area contributed by atoms with E-state index in [9.17, 15) is 19.6 Å². The van der Waals surface area contributed by atoms with Gasteiger partial charge in [0.05, 0.1) is 17.0 Å².